The maximum atomic E-state index is 9.49. The minimum atomic E-state index is -0.0785. The van der Waals surface area contributed by atoms with Gasteiger partial charge < -0.3 is 9.84 Å². The summed E-state index contributed by atoms with van der Waals surface area (Å²) in [5.41, 5.74) is 1.27. The lowest BCUT2D eigenvalue weighted by molar-refractivity contribution is 0.109. The Morgan fingerprint density at radius 1 is 1.28 bits per heavy atom. The van der Waals surface area contributed by atoms with Gasteiger partial charge in [-0.2, -0.15) is 0 Å². The molecule has 100 valence electrons. The second-order valence-electron chi connectivity index (χ2n) is 5.08. The molecule has 0 aromatic heterocycles. The molecule has 0 heterocycles. The smallest absolute Gasteiger partial charge is 0.137 e. The van der Waals surface area contributed by atoms with E-state index in [0.29, 0.717) is 17.5 Å². The molecule has 0 aliphatic heterocycles. The number of hydrogen-bond acceptors (Lipinski definition) is 2. The van der Waals surface area contributed by atoms with Crippen LogP contribution in [-0.4, -0.2) is 17.8 Å². The first kappa shape index (κ1) is 13.7. The topological polar surface area (TPSA) is 29.5 Å². The Balaban J connectivity index is 1.95. The van der Waals surface area contributed by atoms with E-state index in [0.717, 1.165) is 37.9 Å². The summed E-state index contributed by atoms with van der Waals surface area (Å²) >= 11 is 6.18. The maximum absolute atomic E-state index is 9.49. The zero-order valence-corrected chi connectivity index (χ0v) is 11.6. The molecule has 0 atom stereocenters. The van der Waals surface area contributed by atoms with Crippen LogP contribution in [0.2, 0.25) is 5.02 Å². The molecule has 0 amide bonds. The summed E-state index contributed by atoms with van der Waals surface area (Å²) < 4.78 is 5.43. The average Bonchev–Trinajstić information content (AvgIpc) is 2.36. The van der Waals surface area contributed by atoms with Crippen LogP contribution in [0.15, 0.2) is 18.2 Å². The SMILES string of the molecule is CCOc1ccc(CC2CCC(O)CC2)cc1Cl. The molecule has 1 N–H and O–H groups in total. The maximum Gasteiger partial charge on any atom is 0.137 e. The van der Waals surface area contributed by atoms with Crippen molar-refractivity contribution in [1.82, 2.24) is 0 Å². The molecule has 1 aromatic rings. The molecule has 1 aliphatic rings. The number of halogens is 1. The zero-order valence-electron chi connectivity index (χ0n) is 10.9. The molecular weight excluding hydrogens is 248 g/mol. The van der Waals surface area contributed by atoms with Gasteiger partial charge in [-0.05, 0) is 62.6 Å². The third-order valence-corrected chi connectivity index (χ3v) is 3.93. The number of ether oxygens (including phenoxy) is 1. The van der Waals surface area contributed by atoms with Crippen molar-refractivity contribution in [2.45, 2.75) is 45.1 Å². The van der Waals surface area contributed by atoms with Gasteiger partial charge in [-0.15, -0.1) is 0 Å². The van der Waals surface area contributed by atoms with Gasteiger partial charge in [0.15, 0.2) is 0 Å². The summed E-state index contributed by atoms with van der Waals surface area (Å²) in [6.07, 6.45) is 5.09. The van der Waals surface area contributed by atoms with Gasteiger partial charge in [-0.3, -0.25) is 0 Å². The van der Waals surface area contributed by atoms with Gasteiger partial charge >= 0.3 is 0 Å². The lowest BCUT2D eigenvalue weighted by atomic mass is 9.83. The van der Waals surface area contributed by atoms with Crippen molar-refractivity contribution in [2.24, 2.45) is 5.92 Å². The Bertz CT molecular complexity index is 384. The van der Waals surface area contributed by atoms with Crippen molar-refractivity contribution in [3.05, 3.63) is 28.8 Å². The highest BCUT2D eigenvalue weighted by Gasteiger charge is 2.19. The van der Waals surface area contributed by atoms with Crippen molar-refractivity contribution >= 4 is 11.6 Å². The summed E-state index contributed by atoms with van der Waals surface area (Å²) in [7, 11) is 0. The fraction of sp³-hybridized carbons (Fsp3) is 0.600. The van der Waals surface area contributed by atoms with Gasteiger partial charge in [0.05, 0.1) is 17.7 Å². The monoisotopic (exact) mass is 268 g/mol. The fourth-order valence-corrected chi connectivity index (χ4v) is 2.88. The minimum Gasteiger partial charge on any atom is -0.492 e. The molecule has 0 unspecified atom stereocenters. The van der Waals surface area contributed by atoms with E-state index in [2.05, 4.69) is 6.07 Å². The number of hydrogen-bond donors (Lipinski definition) is 1. The standard InChI is InChI=1S/C15H21ClO2/c1-2-18-15-8-5-12(10-14(15)16)9-11-3-6-13(17)7-4-11/h5,8,10-11,13,17H,2-4,6-7,9H2,1H3. The highest BCUT2D eigenvalue weighted by Crippen LogP contribution is 2.30. The highest BCUT2D eigenvalue weighted by atomic mass is 35.5. The van der Waals surface area contributed by atoms with Crippen molar-refractivity contribution in [1.29, 1.82) is 0 Å². The van der Waals surface area contributed by atoms with Crippen LogP contribution in [0.3, 0.4) is 0 Å². The lowest BCUT2D eigenvalue weighted by Crippen LogP contribution is -2.19. The molecule has 1 aliphatic carbocycles. The summed E-state index contributed by atoms with van der Waals surface area (Å²) in [5.74, 6) is 1.45. The molecule has 2 nitrogen and oxygen atoms in total. The van der Waals surface area contributed by atoms with Gasteiger partial charge in [-0.1, -0.05) is 17.7 Å². The third kappa shape index (κ3) is 3.63. The molecular formula is C15H21ClO2. The molecule has 1 saturated carbocycles. The van der Waals surface area contributed by atoms with E-state index in [1.54, 1.807) is 0 Å². The summed E-state index contributed by atoms with van der Waals surface area (Å²) in [4.78, 5) is 0. The lowest BCUT2D eigenvalue weighted by Gasteiger charge is -2.25. The molecule has 3 heteroatoms. The number of aliphatic hydroxyl groups excluding tert-OH is 1. The number of aliphatic hydroxyl groups is 1. The minimum absolute atomic E-state index is 0.0785. The summed E-state index contributed by atoms with van der Waals surface area (Å²) in [6, 6.07) is 6.07. The van der Waals surface area contributed by atoms with Crippen LogP contribution in [0.25, 0.3) is 0 Å². The second-order valence-corrected chi connectivity index (χ2v) is 5.48. The van der Waals surface area contributed by atoms with Gasteiger partial charge in [0, 0.05) is 0 Å². The first-order chi connectivity index (χ1) is 8.69. The van der Waals surface area contributed by atoms with E-state index >= 15 is 0 Å². The van der Waals surface area contributed by atoms with Gasteiger partial charge in [0.2, 0.25) is 0 Å². The van der Waals surface area contributed by atoms with E-state index in [9.17, 15) is 5.11 Å². The summed E-state index contributed by atoms with van der Waals surface area (Å²) in [6.45, 7) is 2.59. The molecule has 0 saturated heterocycles. The molecule has 18 heavy (non-hydrogen) atoms. The van der Waals surface area contributed by atoms with Crippen LogP contribution in [0.5, 0.6) is 5.75 Å². The third-order valence-electron chi connectivity index (χ3n) is 3.64. The predicted octanol–water partition coefficient (Wildman–Crippen LogP) is 3.83. The molecule has 0 radical (unpaired) electrons. The van der Waals surface area contributed by atoms with Gasteiger partial charge in [0.1, 0.15) is 5.75 Å². The number of benzene rings is 1. The fourth-order valence-electron chi connectivity index (χ4n) is 2.63. The summed E-state index contributed by atoms with van der Waals surface area (Å²) in [5, 5.41) is 10.2. The van der Waals surface area contributed by atoms with Crippen LogP contribution in [0.1, 0.15) is 38.2 Å². The molecule has 0 spiro atoms. The number of rotatable bonds is 4. The van der Waals surface area contributed by atoms with Crippen molar-refractivity contribution in [3.8, 4) is 5.75 Å². The molecule has 1 fully saturated rings. The zero-order chi connectivity index (χ0) is 13.0. The Labute approximate surface area is 114 Å². The Hall–Kier alpha value is -0.730. The Kier molecular flexibility index (Phi) is 4.90. The van der Waals surface area contributed by atoms with Crippen LogP contribution in [-0.2, 0) is 6.42 Å². The molecule has 1 aromatic carbocycles. The normalized spacial score (nSPS) is 23.9. The van der Waals surface area contributed by atoms with Crippen LogP contribution < -0.4 is 4.74 Å². The van der Waals surface area contributed by atoms with Crippen LogP contribution in [0, 0.1) is 5.92 Å². The largest absolute Gasteiger partial charge is 0.492 e. The Morgan fingerprint density at radius 2 is 2.00 bits per heavy atom. The molecule has 0 bridgehead atoms. The van der Waals surface area contributed by atoms with E-state index < -0.39 is 0 Å². The van der Waals surface area contributed by atoms with Crippen molar-refractivity contribution in [2.75, 3.05) is 6.61 Å². The average molecular weight is 269 g/mol. The first-order valence-corrected chi connectivity index (χ1v) is 7.16. The van der Waals surface area contributed by atoms with Crippen molar-refractivity contribution in [3.63, 3.8) is 0 Å². The quantitative estimate of drug-likeness (QED) is 0.899. The second kappa shape index (κ2) is 6.44. The molecule has 2 rings (SSSR count). The van der Waals surface area contributed by atoms with E-state index in [1.165, 1.54) is 5.56 Å². The van der Waals surface area contributed by atoms with E-state index in [1.807, 2.05) is 19.1 Å². The predicted molar refractivity (Wildman–Crippen MR) is 74.3 cm³/mol. The van der Waals surface area contributed by atoms with Gasteiger partial charge in [-0.25, -0.2) is 0 Å². The van der Waals surface area contributed by atoms with Crippen LogP contribution >= 0.6 is 11.6 Å². The highest BCUT2D eigenvalue weighted by molar-refractivity contribution is 6.32. The van der Waals surface area contributed by atoms with E-state index in [-0.39, 0.29) is 6.10 Å². The Morgan fingerprint density at radius 3 is 2.61 bits per heavy atom. The van der Waals surface area contributed by atoms with Gasteiger partial charge in [0.25, 0.3) is 0 Å². The van der Waals surface area contributed by atoms with Crippen molar-refractivity contribution < 1.29 is 9.84 Å². The first-order valence-electron chi connectivity index (χ1n) is 6.78. The van der Waals surface area contributed by atoms with E-state index in [4.69, 9.17) is 16.3 Å². The van der Waals surface area contributed by atoms with Crippen LogP contribution in [0.4, 0.5) is 0 Å².